The molecule has 0 N–H and O–H groups in total. The average Bonchev–Trinajstić information content (AvgIpc) is 3.34. The van der Waals surface area contributed by atoms with E-state index in [1.807, 2.05) is 53.4 Å². The number of hydrogen-bond donors (Lipinski definition) is 0. The van der Waals surface area contributed by atoms with Crippen molar-refractivity contribution in [3.63, 3.8) is 0 Å². The zero-order valence-corrected chi connectivity index (χ0v) is 14.1. The first-order chi connectivity index (χ1) is 12.2. The van der Waals surface area contributed by atoms with Gasteiger partial charge in [0.2, 0.25) is 5.82 Å². The summed E-state index contributed by atoms with van der Waals surface area (Å²) in [6.45, 7) is 0. The van der Waals surface area contributed by atoms with Crippen LogP contribution in [0.25, 0.3) is 28.5 Å². The molecule has 0 amide bonds. The van der Waals surface area contributed by atoms with E-state index < -0.39 is 0 Å². The van der Waals surface area contributed by atoms with Crippen molar-refractivity contribution in [1.29, 1.82) is 0 Å². The molecule has 25 heavy (non-hydrogen) atoms. The highest BCUT2D eigenvalue weighted by molar-refractivity contribution is 6.30. The van der Waals surface area contributed by atoms with Gasteiger partial charge in [-0.15, -0.1) is 0 Å². The molecule has 2 heterocycles. The number of nitrogens with zero attached hydrogens (tertiary/aromatic N) is 3. The normalized spacial score (nSPS) is 10.8. The number of ether oxygens (including phenoxy) is 1. The predicted octanol–water partition coefficient (Wildman–Crippen LogP) is 4.86. The molecule has 0 fully saturated rings. The lowest BCUT2D eigenvalue weighted by atomic mass is 10.2. The maximum atomic E-state index is 6.07. The van der Waals surface area contributed by atoms with E-state index in [1.54, 1.807) is 25.3 Å². The number of rotatable bonds is 4. The van der Waals surface area contributed by atoms with Gasteiger partial charge in [-0.3, -0.25) is 0 Å². The summed E-state index contributed by atoms with van der Waals surface area (Å²) in [6.07, 6.45) is 3.99. The van der Waals surface area contributed by atoms with Crippen molar-refractivity contribution in [2.45, 2.75) is 0 Å². The predicted molar refractivity (Wildman–Crippen MR) is 96.1 cm³/mol. The van der Waals surface area contributed by atoms with E-state index in [0.29, 0.717) is 28.1 Å². The lowest BCUT2D eigenvalue weighted by molar-refractivity contribution is 0.405. The Balaban J connectivity index is 1.67. The summed E-state index contributed by atoms with van der Waals surface area (Å²) in [7, 11) is 1.59. The van der Waals surface area contributed by atoms with Crippen LogP contribution >= 0.6 is 11.6 Å². The maximum absolute atomic E-state index is 6.07. The van der Waals surface area contributed by atoms with E-state index in [0.717, 1.165) is 11.3 Å². The molecule has 4 rings (SSSR count). The highest BCUT2D eigenvalue weighted by atomic mass is 35.5. The SMILES string of the molecule is COc1ccc(Cl)cc1-c1nc(-c2ccc(-n3cccc3)cc2)no1. The third-order valence-electron chi connectivity index (χ3n) is 3.85. The van der Waals surface area contributed by atoms with Crippen LogP contribution in [0.2, 0.25) is 5.02 Å². The van der Waals surface area contributed by atoms with Crippen LogP contribution in [0.5, 0.6) is 5.75 Å². The zero-order valence-electron chi connectivity index (χ0n) is 13.4. The summed E-state index contributed by atoms with van der Waals surface area (Å²) in [4.78, 5) is 4.47. The van der Waals surface area contributed by atoms with Crippen LogP contribution in [-0.4, -0.2) is 21.8 Å². The number of benzene rings is 2. The molecule has 0 saturated carbocycles. The molecule has 2 aromatic heterocycles. The van der Waals surface area contributed by atoms with Crippen LogP contribution in [0.1, 0.15) is 0 Å². The van der Waals surface area contributed by atoms with Gasteiger partial charge in [-0.2, -0.15) is 4.98 Å². The molecule has 0 aliphatic carbocycles. The van der Waals surface area contributed by atoms with Crippen molar-refractivity contribution < 1.29 is 9.26 Å². The minimum atomic E-state index is 0.365. The molecule has 0 aliphatic heterocycles. The maximum Gasteiger partial charge on any atom is 0.262 e. The first-order valence-electron chi connectivity index (χ1n) is 7.66. The van der Waals surface area contributed by atoms with Gasteiger partial charge in [-0.05, 0) is 54.6 Å². The molecule has 0 radical (unpaired) electrons. The second-order valence-corrected chi connectivity index (χ2v) is 5.84. The zero-order chi connectivity index (χ0) is 17.2. The monoisotopic (exact) mass is 351 g/mol. The van der Waals surface area contributed by atoms with E-state index in [-0.39, 0.29) is 0 Å². The van der Waals surface area contributed by atoms with Crippen LogP contribution in [0, 0.1) is 0 Å². The van der Waals surface area contributed by atoms with E-state index in [9.17, 15) is 0 Å². The van der Waals surface area contributed by atoms with Crippen LogP contribution in [-0.2, 0) is 0 Å². The van der Waals surface area contributed by atoms with Crippen LogP contribution in [0.4, 0.5) is 0 Å². The van der Waals surface area contributed by atoms with E-state index >= 15 is 0 Å². The molecule has 124 valence electrons. The van der Waals surface area contributed by atoms with Gasteiger partial charge in [0.25, 0.3) is 5.89 Å². The van der Waals surface area contributed by atoms with Crippen molar-refractivity contribution in [3.05, 3.63) is 72.0 Å². The lowest BCUT2D eigenvalue weighted by Gasteiger charge is -2.04. The highest BCUT2D eigenvalue weighted by Crippen LogP contribution is 2.32. The Bertz CT molecular complexity index is 992. The quantitative estimate of drug-likeness (QED) is 0.527. The fourth-order valence-corrected chi connectivity index (χ4v) is 2.76. The number of methoxy groups -OCH3 is 1. The summed E-state index contributed by atoms with van der Waals surface area (Å²) >= 11 is 6.07. The lowest BCUT2D eigenvalue weighted by Crippen LogP contribution is -1.90. The van der Waals surface area contributed by atoms with Crippen molar-refractivity contribution in [3.8, 4) is 34.3 Å². The van der Waals surface area contributed by atoms with Gasteiger partial charge >= 0.3 is 0 Å². The summed E-state index contributed by atoms with van der Waals surface area (Å²) < 4.78 is 12.8. The number of hydrogen-bond acceptors (Lipinski definition) is 4. The van der Waals surface area contributed by atoms with Gasteiger partial charge in [-0.25, -0.2) is 0 Å². The van der Waals surface area contributed by atoms with E-state index in [1.165, 1.54) is 0 Å². The molecule has 6 heteroatoms. The minimum Gasteiger partial charge on any atom is -0.496 e. The Hall–Kier alpha value is -3.05. The topological polar surface area (TPSA) is 53.1 Å². The second kappa shape index (κ2) is 6.45. The summed E-state index contributed by atoms with van der Waals surface area (Å²) in [6, 6.07) is 17.2. The van der Waals surface area contributed by atoms with Gasteiger partial charge < -0.3 is 13.8 Å². The fourth-order valence-electron chi connectivity index (χ4n) is 2.59. The second-order valence-electron chi connectivity index (χ2n) is 5.40. The van der Waals surface area contributed by atoms with Crippen molar-refractivity contribution in [1.82, 2.24) is 14.7 Å². The molecular formula is C19H14ClN3O2. The summed E-state index contributed by atoms with van der Waals surface area (Å²) in [5.74, 6) is 1.50. The fraction of sp³-hybridized carbons (Fsp3) is 0.0526. The average molecular weight is 352 g/mol. The smallest absolute Gasteiger partial charge is 0.262 e. The van der Waals surface area contributed by atoms with Gasteiger partial charge in [-0.1, -0.05) is 16.8 Å². The molecule has 0 aliphatic rings. The van der Waals surface area contributed by atoms with Crippen molar-refractivity contribution >= 4 is 11.6 Å². The highest BCUT2D eigenvalue weighted by Gasteiger charge is 2.15. The number of halogens is 1. The molecular weight excluding hydrogens is 338 g/mol. The standard InChI is InChI=1S/C19H14ClN3O2/c1-24-17-9-6-14(20)12-16(17)19-21-18(22-25-19)13-4-7-15(8-5-13)23-10-2-3-11-23/h2-12H,1H3. The van der Waals surface area contributed by atoms with Crippen molar-refractivity contribution in [2.24, 2.45) is 0 Å². The van der Waals surface area contributed by atoms with Crippen molar-refractivity contribution in [2.75, 3.05) is 7.11 Å². The Kier molecular flexibility index (Phi) is 3.99. The molecule has 4 aromatic rings. The summed E-state index contributed by atoms with van der Waals surface area (Å²) in [5, 5.41) is 4.64. The van der Waals surface area contributed by atoms with Gasteiger partial charge in [0.05, 0.1) is 12.7 Å². The third kappa shape index (κ3) is 3.02. The molecule has 0 saturated heterocycles. The third-order valence-corrected chi connectivity index (χ3v) is 4.08. The molecule has 0 atom stereocenters. The van der Waals surface area contributed by atoms with E-state index in [4.69, 9.17) is 20.9 Å². The van der Waals surface area contributed by atoms with Gasteiger partial charge in [0, 0.05) is 28.7 Å². The number of aromatic nitrogens is 3. The molecule has 5 nitrogen and oxygen atoms in total. The molecule has 0 spiro atoms. The van der Waals surface area contributed by atoms with Crippen LogP contribution in [0.15, 0.2) is 71.5 Å². The van der Waals surface area contributed by atoms with Crippen LogP contribution < -0.4 is 4.74 Å². The molecule has 2 aromatic carbocycles. The Labute approximate surface area is 149 Å². The largest absolute Gasteiger partial charge is 0.496 e. The van der Waals surface area contributed by atoms with Crippen LogP contribution in [0.3, 0.4) is 0 Å². The van der Waals surface area contributed by atoms with Gasteiger partial charge in [0.15, 0.2) is 0 Å². The first kappa shape index (κ1) is 15.5. The Morgan fingerprint density at radius 3 is 2.52 bits per heavy atom. The Morgan fingerprint density at radius 1 is 1.04 bits per heavy atom. The first-order valence-corrected chi connectivity index (χ1v) is 8.04. The molecule has 0 bridgehead atoms. The summed E-state index contributed by atoms with van der Waals surface area (Å²) in [5.41, 5.74) is 2.60. The minimum absolute atomic E-state index is 0.365. The van der Waals surface area contributed by atoms with Gasteiger partial charge in [0.1, 0.15) is 5.75 Å². The Morgan fingerprint density at radius 2 is 1.80 bits per heavy atom. The van der Waals surface area contributed by atoms with E-state index in [2.05, 4.69) is 10.1 Å². The molecule has 0 unspecified atom stereocenters.